The monoisotopic (exact) mass is 266 g/mol. The normalized spacial score (nSPS) is 41.2. The fourth-order valence-electron chi connectivity index (χ4n) is 1.54. The van der Waals surface area contributed by atoms with Crippen molar-refractivity contribution < 1.29 is 32.5 Å². The molecule has 0 bridgehead atoms. The Hall–Kier alpha value is -0.750. The molecule has 3 unspecified atom stereocenters. The molecule has 8 heteroatoms. The van der Waals surface area contributed by atoms with Gasteiger partial charge in [-0.25, -0.2) is 9.36 Å². The van der Waals surface area contributed by atoms with Crippen LogP contribution >= 0.6 is 7.82 Å². The minimum atomic E-state index is -3.94. The summed E-state index contributed by atoms with van der Waals surface area (Å²) < 4.78 is 31.1. The molecule has 1 fully saturated rings. The zero-order chi connectivity index (χ0) is 13.5. The number of esters is 1. The number of Topliss-reactive ketones (excluding diaryl/α,β-unsaturated/α-hetero) is 1. The molecule has 0 aromatic heterocycles. The fourth-order valence-corrected chi connectivity index (χ4v) is 3.17. The van der Waals surface area contributed by atoms with Gasteiger partial charge in [-0.3, -0.25) is 18.4 Å². The van der Waals surface area contributed by atoms with Crippen LogP contribution in [-0.4, -0.2) is 37.2 Å². The van der Waals surface area contributed by atoms with Gasteiger partial charge in [0.1, 0.15) is 0 Å². The number of rotatable bonds is 3. The van der Waals surface area contributed by atoms with E-state index in [0.29, 0.717) is 0 Å². The summed E-state index contributed by atoms with van der Waals surface area (Å²) in [6, 6.07) is 0. The summed E-state index contributed by atoms with van der Waals surface area (Å²) in [5, 5.41) is 0. The third kappa shape index (κ3) is 1.93. The van der Waals surface area contributed by atoms with Gasteiger partial charge in [0.15, 0.2) is 11.4 Å². The number of ketones is 1. The van der Waals surface area contributed by atoms with Crippen LogP contribution in [0.3, 0.4) is 0 Å². The standard InChI is InChI=1S/C9H15O7P/c1-6(10)8(2)9(3,7(11)13-4)16-17(12,14-5)15-8/h1-5H3. The minimum absolute atomic E-state index is 0.514. The van der Waals surface area contributed by atoms with E-state index < -0.39 is 30.8 Å². The quantitative estimate of drug-likeness (QED) is 0.557. The van der Waals surface area contributed by atoms with Gasteiger partial charge in [0.05, 0.1) is 7.11 Å². The molecule has 1 aliphatic rings. The Morgan fingerprint density at radius 1 is 1.12 bits per heavy atom. The number of hydrogen-bond donors (Lipinski definition) is 0. The van der Waals surface area contributed by atoms with Gasteiger partial charge >= 0.3 is 13.8 Å². The predicted octanol–water partition coefficient (Wildman–Crippen LogP) is 1.07. The highest BCUT2D eigenvalue weighted by Crippen LogP contribution is 2.64. The molecule has 17 heavy (non-hydrogen) atoms. The molecule has 1 heterocycles. The van der Waals surface area contributed by atoms with Crippen LogP contribution in [0.4, 0.5) is 0 Å². The summed E-state index contributed by atoms with van der Waals surface area (Å²) in [4.78, 5) is 23.3. The summed E-state index contributed by atoms with van der Waals surface area (Å²) >= 11 is 0. The topological polar surface area (TPSA) is 88.1 Å². The van der Waals surface area contributed by atoms with Gasteiger partial charge in [-0.15, -0.1) is 0 Å². The van der Waals surface area contributed by atoms with Crippen molar-refractivity contribution in [1.29, 1.82) is 0 Å². The van der Waals surface area contributed by atoms with Crippen LogP contribution in [0.1, 0.15) is 20.8 Å². The van der Waals surface area contributed by atoms with Crippen LogP contribution in [0.15, 0.2) is 0 Å². The second-order valence-electron chi connectivity index (χ2n) is 3.93. The van der Waals surface area contributed by atoms with Crippen LogP contribution in [0, 0.1) is 0 Å². The number of methoxy groups -OCH3 is 1. The van der Waals surface area contributed by atoms with Crippen molar-refractivity contribution in [2.75, 3.05) is 14.2 Å². The molecule has 1 rings (SSSR count). The summed E-state index contributed by atoms with van der Waals surface area (Å²) in [6.07, 6.45) is 0. The average Bonchev–Trinajstić information content (AvgIpc) is 2.48. The summed E-state index contributed by atoms with van der Waals surface area (Å²) in [6.45, 7) is 3.79. The highest BCUT2D eigenvalue weighted by Gasteiger charge is 2.68. The molecule has 7 nitrogen and oxygen atoms in total. The first-order valence-corrected chi connectivity index (χ1v) is 6.28. The molecule has 0 radical (unpaired) electrons. The van der Waals surface area contributed by atoms with Gasteiger partial charge in [-0.1, -0.05) is 0 Å². The number of carbonyl (C=O) groups excluding carboxylic acids is 2. The van der Waals surface area contributed by atoms with E-state index in [2.05, 4.69) is 9.26 Å². The van der Waals surface area contributed by atoms with E-state index in [9.17, 15) is 14.2 Å². The minimum Gasteiger partial charge on any atom is -0.467 e. The van der Waals surface area contributed by atoms with Crippen LogP contribution in [-0.2, 0) is 32.5 Å². The Balaban J connectivity index is 3.32. The van der Waals surface area contributed by atoms with Crippen LogP contribution in [0.2, 0.25) is 0 Å². The van der Waals surface area contributed by atoms with E-state index in [1.54, 1.807) is 0 Å². The summed E-state index contributed by atoms with van der Waals surface area (Å²) in [5.74, 6) is -1.37. The van der Waals surface area contributed by atoms with Crippen LogP contribution in [0.5, 0.6) is 0 Å². The zero-order valence-corrected chi connectivity index (χ0v) is 11.2. The second kappa shape index (κ2) is 4.17. The molecule has 0 amide bonds. The lowest BCUT2D eigenvalue weighted by molar-refractivity contribution is -0.170. The van der Waals surface area contributed by atoms with Gasteiger partial charge in [0, 0.05) is 7.11 Å². The van der Waals surface area contributed by atoms with Crippen molar-refractivity contribution in [3.05, 3.63) is 0 Å². The molecule has 3 atom stereocenters. The van der Waals surface area contributed by atoms with Crippen molar-refractivity contribution in [2.24, 2.45) is 0 Å². The smallest absolute Gasteiger partial charge is 0.467 e. The number of phosphoric ester groups is 1. The molecule has 1 saturated heterocycles. The van der Waals surface area contributed by atoms with Gasteiger partial charge in [0.2, 0.25) is 5.60 Å². The lowest BCUT2D eigenvalue weighted by Gasteiger charge is -2.31. The van der Waals surface area contributed by atoms with E-state index >= 15 is 0 Å². The SMILES string of the molecule is COC(=O)C1(C)OP(=O)(OC)OC1(C)C(C)=O. The summed E-state index contributed by atoms with van der Waals surface area (Å²) in [7, 11) is -1.70. The maximum absolute atomic E-state index is 11.9. The highest BCUT2D eigenvalue weighted by molar-refractivity contribution is 7.49. The molecule has 1 aliphatic heterocycles. The van der Waals surface area contributed by atoms with E-state index in [0.717, 1.165) is 14.2 Å². The molecule has 0 saturated carbocycles. The lowest BCUT2D eigenvalue weighted by atomic mass is 9.83. The van der Waals surface area contributed by atoms with Crippen molar-refractivity contribution in [1.82, 2.24) is 0 Å². The molecule has 0 N–H and O–H groups in total. The van der Waals surface area contributed by atoms with Gasteiger partial charge < -0.3 is 4.74 Å². The van der Waals surface area contributed by atoms with Gasteiger partial charge in [0.25, 0.3) is 0 Å². The largest absolute Gasteiger partial charge is 0.476 e. The Kier molecular flexibility index (Phi) is 3.51. The highest BCUT2D eigenvalue weighted by atomic mass is 31.2. The van der Waals surface area contributed by atoms with E-state index in [1.807, 2.05) is 0 Å². The molecule has 98 valence electrons. The first kappa shape index (κ1) is 14.3. The first-order valence-electron chi connectivity index (χ1n) is 4.82. The first-order chi connectivity index (χ1) is 7.65. The second-order valence-corrected chi connectivity index (χ2v) is 5.55. The molecule has 0 aliphatic carbocycles. The molecule has 0 aromatic rings. The zero-order valence-electron chi connectivity index (χ0n) is 10.3. The Morgan fingerprint density at radius 2 is 1.59 bits per heavy atom. The number of hydrogen-bond acceptors (Lipinski definition) is 7. The maximum Gasteiger partial charge on any atom is 0.476 e. The molecule has 0 spiro atoms. The molecular formula is C9H15O7P. The molecule has 0 aromatic carbocycles. The Bertz CT molecular complexity index is 406. The van der Waals surface area contributed by atoms with E-state index in [4.69, 9.17) is 9.05 Å². The van der Waals surface area contributed by atoms with Gasteiger partial charge in [-0.05, 0) is 20.8 Å². The van der Waals surface area contributed by atoms with Crippen LogP contribution in [0.25, 0.3) is 0 Å². The van der Waals surface area contributed by atoms with Gasteiger partial charge in [-0.2, -0.15) is 0 Å². The third-order valence-corrected chi connectivity index (χ3v) is 4.59. The van der Waals surface area contributed by atoms with E-state index in [-0.39, 0.29) is 0 Å². The van der Waals surface area contributed by atoms with Crippen LogP contribution < -0.4 is 0 Å². The van der Waals surface area contributed by atoms with Crippen molar-refractivity contribution >= 4 is 19.6 Å². The molecular weight excluding hydrogens is 251 g/mol. The number of ether oxygens (including phenoxy) is 1. The number of phosphoric acid groups is 1. The fraction of sp³-hybridized carbons (Fsp3) is 0.778. The lowest BCUT2D eigenvalue weighted by Crippen LogP contribution is -2.57. The van der Waals surface area contributed by atoms with E-state index in [1.165, 1.54) is 20.8 Å². The summed E-state index contributed by atoms with van der Waals surface area (Å²) in [5.41, 5.74) is -3.52. The Morgan fingerprint density at radius 3 is 1.94 bits per heavy atom. The number of carbonyl (C=O) groups is 2. The Labute approximate surface area is 99.0 Å². The van der Waals surface area contributed by atoms with Crippen molar-refractivity contribution in [3.63, 3.8) is 0 Å². The maximum atomic E-state index is 11.9. The predicted molar refractivity (Wildman–Crippen MR) is 56.3 cm³/mol. The van der Waals surface area contributed by atoms with Crippen molar-refractivity contribution in [2.45, 2.75) is 32.0 Å². The third-order valence-electron chi connectivity index (χ3n) is 2.97. The van der Waals surface area contributed by atoms with Crippen molar-refractivity contribution in [3.8, 4) is 0 Å². The average molecular weight is 266 g/mol.